The second-order valence-corrected chi connectivity index (χ2v) is 6.11. The highest BCUT2D eigenvalue weighted by atomic mass is 35.5. The zero-order valence-corrected chi connectivity index (χ0v) is 13.8. The summed E-state index contributed by atoms with van der Waals surface area (Å²) in [5.41, 5.74) is 2.08. The first-order valence-electron chi connectivity index (χ1n) is 7.32. The van der Waals surface area contributed by atoms with Crippen LogP contribution in [0, 0.1) is 0 Å². The third-order valence-corrected chi connectivity index (χ3v) is 4.21. The van der Waals surface area contributed by atoms with E-state index >= 15 is 0 Å². The van der Waals surface area contributed by atoms with Crippen LogP contribution in [0.15, 0.2) is 42.5 Å². The number of amides is 1. The van der Waals surface area contributed by atoms with Crippen LogP contribution in [-0.4, -0.2) is 25.6 Å². The highest BCUT2D eigenvalue weighted by molar-refractivity contribution is 6.34. The average molecular weight is 351 g/mol. The Balaban J connectivity index is 1.73. The summed E-state index contributed by atoms with van der Waals surface area (Å²) in [6, 6.07) is 12.2. The Kier molecular flexibility index (Phi) is 5.18. The van der Waals surface area contributed by atoms with Crippen LogP contribution in [0.3, 0.4) is 0 Å². The van der Waals surface area contributed by atoms with Crippen molar-refractivity contribution in [1.29, 1.82) is 0 Å². The first-order chi connectivity index (χ1) is 11.1. The van der Waals surface area contributed by atoms with E-state index in [4.69, 9.17) is 27.9 Å². The van der Waals surface area contributed by atoms with Crippen LogP contribution in [0.5, 0.6) is 0 Å². The van der Waals surface area contributed by atoms with E-state index in [1.165, 1.54) is 0 Å². The summed E-state index contributed by atoms with van der Waals surface area (Å²) in [5, 5.41) is 7.16. The molecule has 1 saturated heterocycles. The molecular weight excluding hydrogens is 335 g/mol. The average Bonchev–Trinajstić information content (AvgIpc) is 2.58. The zero-order chi connectivity index (χ0) is 16.2. The fourth-order valence-corrected chi connectivity index (χ4v) is 2.77. The molecule has 3 rings (SSSR count). The maximum Gasteiger partial charge on any atom is 0.255 e. The van der Waals surface area contributed by atoms with Crippen molar-refractivity contribution in [3.63, 3.8) is 0 Å². The van der Waals surface area contributed by atoms with Crippen molar-refractivity contribution < 1.29 is 9.53 Å². The van der Waals surface area contributed by atoms with Gasteiger partial charge in [-0.15, -0.1) is 0 Å². The molecule has 2 aromatic carbocycles. The highest BCUT2D eigenvalue weighted by Crippen LogP contribution is 2.28. The number of carbonyl (C=O) groups is 1. The van der Waals surface area contributed by atoms with Crippen LogP contribution < -0.4 is 10.6 Å². The molecule has 120 valence electrons. The first kappa shape index (κ1) is 16.3. The zero-order valence-electron chi connectivity index (χ0n) is 12.3. The van der Waals surface area contributed by atoms with Crippen molar-refractivity contribution in [2.75, 3.05) is 25.0 Å². The Labute approximate surface area is 144 Å². The number of hydrogen-bond donors (Lipinski definition) is 2. The molecule has 1 atom stereocenters. The molecule has 6 heteroatoms. The summed E-state index contributed by atoms with van der Waals surface area (Å²) in [4.78, 5) is 12.2. The standard InChI is InChI=1S/C17H16Cl2N2O2/c18-13-4-1-11(2-5-13)17(22)21-15-6-3-12(9-14(15)19)16-10-20-7-8-23-16/h1-6,9,16,20H,7-8,10H2,(H,21,22)/t16-/m1/s1. The Morgan fingerprint density at radius 2 is 1.96 bits per heavy atom. The predicted octanol–water partition coefficient (Wildman–Crippen LogP) is 3.91. The Bertz CT molecular complexity index is 698. The molecule has 0 aliphatic carbocycles. The van der Waals surface area contributed by atoms with Gasteiger partial charge >= 0.3 is 0 Å². The van der Waals surface area contributed by atoms with E-state index in [1.807, 2.05) is 12.1 Å². The lowest BCUT2D eigenvalue weighted by Crippen LogP contribution is -2.33. The number of morpholine rings is 1. The van der Waals surface area contributed by atoms with Gasteiger partial charge in [0, 0.05) is 23.7 Å². The smallest absolute Gasteiger partial charge is 0.255 e. The molecule has 0 aromatic heterocycles. The topological polar surface area (TPSA) is 50.4 Å². The van der Waals surface area contributed by atoms with E-state index in [2.05, 4.69) is 10.6 Å². The van der Waals surface area contributed by atoms with Crippen molar-refractivity contribution in [3.05, 3.63) is 63.6 Å². The first-order valence-corrected chi connectivity index (χ1v) is 8.08. The SMILES string of the molecule is O=C(Nc1ccc([C@H]2CNCCO2)cc1Cl)c1ccc(Cl)cc1. The quantitative estimate of drug-likeness (QED) is 0.882. The summed E-state index contributed by atoms with van der Waals surface area (Å²) < 4.78 is 5.70. The maximum atomic E-state index is 12.2. The number of anilines is 1. The van der Waals surface area contributed by atoms with E-state index in [9.17, 15) is 4.79 Å². The molecule has 1 amide bonds. The van der Waals surface area contributed by atoms with Crippen LogP contribution in [0.4, 0.5) is 5.69 Å². The van der Waals surface area contributed by atoms with Crippen LogP contribution in [-0.2, 0) is 4.74 Å². The molecule has 2 aromatic rings. The number of benzene rings is 2. The largest absolute Gasteiger partial charge is 0.371 e. The van der Waals surface area contributed by atoms with Crippen molar-refractivity contribution in [2.45, 2.75) is 6.10 Å². The molecule has 23 heavy (non-hydrogen) atoms. The van der Waals surface area contributed by atoms with Crippen molar-refractivity contribution in [3.8, 4) is 0 Å². The van der Waals surface area contributed by atoms with Crippen LogP contribution in [0.1, 0.15) is 22.0 Å². The molecule has 0 radical (unpaired) electrons. The molecule has 1 aliphatic heterocycles. The molecule has 0 saturated carbocycles. The van der Waals surface area contributed by atoms with Crippen LogP contribution >= 0.6 is 23.2 Å². The van der Waals surface area contributed by atoms with Crippen molar-refractivity contribution in [2.24, 2.45) is 0 Å². The minimum atomic E-state index is -0.230. The lowest BCUT2D eigenvalue weighted by Gasteiger charge is -2.24. The van der Waals surface area contributed by atoms with Gasteiger partial charge in [-0.1, -0.05) is 29.3 Å². The number of halogens is 2. The lowest BCUT2D eigenvalue weighted by atomic mass is 10.1. The third-order valence-electron chi connectivity index (χ3n) is 3.65. The molecule has 1 fully saturated rings. The minimum Gasteiger partial charge on any atom is -0.371 e. The monoisotopic (exact) mass is 350 g/mol. The van der Waals surface area contributed by atoms with Gasteiger partial charge in [-0.05, 0) is 42.0 Å². The van der Waals surface area contributed by atoms with E-state index in [-0.39, 0.29) is 12.0 Å². The van der Waals surface area contributed by atoms with Crippen LogP contribution in [0.2, 0.25) is 10.0 Å². The third kappa shape index (κ3) is 4.03. The van der Waals surface area contributed by atoms with E-state index in [1.54, 1.807) is 30.3 Å². The van der Waals surface area contributed by atoms with E-state index < -0.39 is 0 Å². The van der Waals surface area contributed by atoms with Gasteiger partial charge in [0.2, 0.25) is 0 Å². The second-order valence-electron chi connectivity index (χ2n) is 5.26. The number of hydrogen-bond acceptors (Lipinski definition) is 3. The maximum absolute atomic E-state index is 12.2. The number of rotatable bonds is 3. The summed E-state index contributed by atoms with van der Waals surface area (Å²) in [6.45, 7) is 2.30. The summed E-state index contributed by atoms with van der Waals surface area (Å²) in [6.07, 6.45) is -0.0118. The second kappa shape index (κ2) is 7.32. The summed E-state index contributed by atoms with van der Waals surface area (Å²) in [5.74, 6) is -0.230. The molecule has 1 heterocycles. The molecule has 0 unspecified atom stereocenters. The molecular formula is C17H16Cl2N2O2. The predicted molar refractivity (Wildman–Crippen MR) is 92.4 cm³/mol. The van der Waals surface area contributed by atoms with Crippen molar-refractivity contribution in [1.82, 2.24) is 5.32 Å². The molecule has 1 aliphatic rings. The van der Waals surface area contributed by atoms with E-state index in [0.29, 0.717) is 27.9 Å². The Morgan fingerprint density at radius 1 is 1.17 bits per heavy atom. The lowest BCUT2D eigenvalue weighted by molar-refractivity contribution is 0.0277. The fourth-order valence-electron chi connectivity index (χ4n) is 2.41. The van der Waals surface area contributed by atoms with Crippen molar-refractivity contribution >= 4 is 34.8 Å². The normalized spacial score (nSPS) is 17.7. The number of carbonyl (C=O) groups excluding carboxylic acids is 1. The van der Waals surface area contributed by atoms with Gasteiger partial charge in [0.25, 0.3) is 5.91 Å². The summed E-state index contributed by atoms with van der Waals surface area (Å²) >= 11 is 12.1. The van der Waals surface area contributed by atoms with Gasteiger partial charge < -0.3 is 15.4 Å². The van der Waals surface area contributed by atoms with Crippen LogP contribution in [0.25, 0.3) is 0 Å². The van der Waals surface area contributed by atoms with Gasteiger partial charge in [0.1, 0.15) is 0 Å². The molecule has 4 nitrogen and oxygen atoms in total. The minimum absolute atomic E-state index is 0.0118. The number of ether oxygens (including phenoxy) is 1. The molecule has 0 spiro atoms. The van der Waals surface area contributed by atoms with Gasteiger partial charge in [-0.25, -0.2) is 0 Å². The Hall–Kier alpha value is -1.59. The number of nitrogens with one attached hydrogen (secondary N) is 2. The van der Waals surface area contributed by atoms with Gasteiger partial charge in [-0.3, -0.25) is 4.79 Å². The molecule has 2 N–H and O–H groups in total. The Morgan fingerprint density at radius 3 is 2.61 bits per heavy atom. The molecule has 0 bridgehead atoms. The highest BCUT2D eigenvalue weighted by Gasteiger charge is 2.17. The van der Waals surface area contributed by atoms with Gasteiger partial charge in [0.15, 0.2) is 0 Å². The van der Waals surface area contributed by atoms with Gasteiger partial charge in [-0.2, -0.15) is 0 Å². The fraction of sp³-hybridized carbons (Fsp3) is 0.235. The van der Waals surface area contributed by atoms with Gasteiger partial charge in [0.05, 0.1) is 23.4 Å². The van der Waals surface area contributed by atoms with E-state index in [0.717, 1.165) is 18.7 Å². The summed E-state index contributed by atoms with van der Waals surface area (Å²) in [7, 11) is 0.